The molecule has 4 aromatic rings. The van der Waals surface area contributed by atoms with E-state index in [4.69, 9.17) is 0 Å². The molecule has 0 bridgehead atoms. The molecule has 2 N–H and O–H groups in total. The highest BCUT2D eigenvalue weighted by molar-refractivity contribution is 7.19. The third kappa shape index (κ3) is 2.28. The molecule has 0 saturated carbocycles. The van der Waals surface area contributed by atoms with E-state index >= 15 is 0 Å². The van der Waals surface area contributed by atoms with Crippen molar-refractivity contribution in [3.8, 4) is 10.6 Å². The summed E-state index contributed by atoms with van der Waals surface area (Å²) in [5, 5.41) is 23.7. The number of benzene rings is 1. The van der Waals surface area contributed by atoms with Gasteiger partial charge in [-0.3, -0.25) is 15.2 Å². The van der Waals surface area contributed by atoms with Crippen molar-refractivity contribution in [1.29, 1.82) is 0 Å². The number of hydrogen-bond donors (Lipinski definition) is 2. The molecule has 0 saturated heterocycles. The van der Waals surface area contributed by atoms with E-state index in [0.29, 0.717) is 10.8 Å². The Hall–Kier alpha value is -2.58. The third-order valence-corrected chi connectivity index (χ3v) is 4.67. The van der Waals surface area contributed by atoms with Crippen LogP contribution in [-0.4, -0.2) is 26.3 Å². The Balaban J connectivity index is 1.60. The van der Waals surface area contributed by atoms with Crippen LogP contribution in [0.15, 0.2) is 41.1 Å². The van der Waals surface area contributed by atoms with Crippen molar-refractivity contribution < 1.29 is 4.79 Å². The molecule has 108 valence electrons. The summed E-state index contributed by atoms with van der Waals surface area (Å²) in [7, 11) is 0. The van der Waals surface area contributed by atoms with Gasteiger partial charge in [0.25, 0.3) is 5.91 Å². The molecule has 0 aliphatic rings. The number of anilines is 1. The van der Waals surface area contributed by atoms with E-state index in [0.717, 1.165) is 21.5 Å². The van der Waals surface area contributed by atoms with Crippen molar-refractivity contribution in [2.45, 2.75) is 0 Å². The predicted molar refractivity (Wildman–Crippen MR) is 87.3 cm³/mol. The van der Waals surface area contributed by atoms with Gasteiger partial charge in [0, 0.05) is 16.3 Å². The number of fused-ring (bicyclic) bond motifs is 1. The lowest BCUT2D eigenvalue weighted by Crippen LogP contribution is -2.12. The second kappa shape index (κ2) is 5.32. The van der Waals surface area contributed by atoms with Crippen molar-refractivity contribution in [3.63, 3.8) is 0 Å². The number of rotatable bonds is 3. The summed E-state index contributed by atoms with van der Waals surface area (Å²) >= 11 is 2.93. The summed E-state index contributed by atoms with van der Waals surface area (Å²) in [4.78, 5) is 12.3. The summed E-state index contributed by atoms with van der Waals surface area (Å²) in [5.41, 5.74) is 2.18. The summed E-state index contributed by atoms with van der Waals surface area (Å²) in [5.74, 6) is -0.300. The normalized spacial score (nSPS) is 10.9. The number of amides is 1. The van der Waals surface area contributed by atoms with Crippen LogP contribution in [0.1, 0.15) is 10.5 Å². The highest BCUT2D eigenvalue weighted by atomic mass is 32.1. The monoisotopic (exact) mass is 327 g/mol. The number of carbonyl (C=O) groups is 1. The number of hydrogen-bond acceptors (Lipinski definition) is 6. The van der Waals surface area contributed by atoms with Gasteiger partial charge in [0.2, 0.25) is 5.13 Å². The lowest BCUT2D eigenvalue weighted by molar-refractivity contribution is 0.102. The van der Waals surface area contributed by atoms with Crippen LogP contribution in [0.4, 0.5) is 5.13 Å². The van der Waals surface area contributed by atoms with Crippen LogP contribution in [0.3, 0.4) is 0 Å². The van der Waals surface area contributed by atoms with Gasteiger partial charge in [-0.05, 0) is 17.5 Å². The molecule has 0 aliphatic carbocycles. The maximum Gasteiger partial charge on any atom is 0.278 e. The molecule has 1 aromatic carbocycles. The highest BCUT2D eigenvalue weighted by Crippen LogP contribution is 2.28. The van der Waals surface area contributed by atoms with Crippen LogP contribution < -0.4 is 5.32 Å². The molecule has 22 heavy (non-hydrogen) atoms. The maximum absolute atomic E-state index is 12.3. The number of H-pyrrole nitrogens is 1. The molecule has 8 heteroatoms. The van der Waals surface area contributed by atoms with Crippen LogP contribution in [0, 0.1) is 0 Å². The van der Waals surface area contributed by atoms with E-state index in [2.05, 4.69) is 25.7 Å². The largest absolute Gasteiger partial charge is 0.295 e. The maximum atomic E-state index is 12.3. The van der Waals surface area contributed by atoms with Crippen LogP contribution in [0.5, 0.6) is 0 Å². The first-order valence-electron chi connectivity index (χ1n) is 6.42. The Morgan fingerprint density at radius 3 is 2.95 bits per heavy atom. The fourth-order valence-corrected chi connectivity index (χ4v) is 3.52. The smallest absolute Gasteiger partial charge is 0.278 e. The molecule has 1 amide bonds. The minimum Gasteiger partial charge on any atom is -0.295 e. The van der Waals surface area contributed by atoms with E-state index in [9.17, 15) is 4.79 Å². The highest BCUT2D eigenvalue weighted by Gasteiger charge is 2.16. The van der Waals surface area contributed by atoms with Crippen LogP contribution in [0.25, 0.3) is 21.5 Å². The zero-order valence-electron chi connectivity index (χ0n) is 11.1. The fraction of sp³-hybridized carbons (Fsp3) is 0. The molecule has 0 aliphatic heterocycles. The first kappa shape index (κ1) is 13.1. The first-order chi connectivity index (χ1) is 10.8. The van der Waals surface area contributed by atoms with E-state index < -0.39 is 0 Å². The molecule has 0 radical (unpaired) electrons. The zero-order valence-corrected chi connectivity index (χ0v) is 12.7. The molecular formula is C14H9N5OS2. The average molecular weight is 327 g/mol. The number of aromatic nitrogens is 4. The van der Waals surface area contributed by atoms with E-state index in [1.807, 2.05) is 41.1 Å². The van der Waals surface area contributed by atoms with Crippen molar-refractivity contribution >= 4 is 44.6 Å². The number of aromatic amines is 1. The summed E-state index contributed by atoms with van der Waals surface area (Å²) in [6.45, 7) is 0. The molecule has 0 atom stereocenters. The zero-order chi connectivity index (χ0) is 14.9. The number of nitrogens with one attached hydrogen (secondary N) is 2. The van der Waals surface area contributed by atoms with Gasteiger partial charge in [-0.25, -0.2) is 0 Å². The van der Waals surface area contributed by atoms with Crippen LogP contribution in [-0.2, 0) is 0 Å². The van der Waals surface area contributed by atoms with E-state index in [1.165, 1.54) is 11.3 Å². The number of nitrogens with zero attached hydrogens (tertiary/aromatic N) is 3. The topological polar surface area (TPSA) is 83.6 Å². The standard InChI is InChI=1S/C14H9N5OS2/c20-12(11-9-3-1-2-4-10(9)16-17-11)15-14-19-18-13(22-14)8-5-6-21-7-8/h1-7H,(H,16,17)(H,15,19,20). The van der Waals surface area contributed by atoms with Gasteiger partial charge in [0.1, 0.15) is 5.01 Å². The predicted octanol–water partition coefficient (Wildman–Crippen LogP) is 3.40. The van der Waals surface area contributed by atoms with Gasteiger partial charge in [-0.15, -0.1) is 10.2 Å². The quantitative estimate of drug-likeness (QED) is 0.604. The average Bonchev–Trinajstić information content (AvgIpc) is 3.27. The Morgan fingerprint density at radius 1 is 1.18 bits per heavy atom. The van der Waals surface area contributed by atoms with Gasteiger partial charge in [0.15, 0.2) is 5.69 Å². The Bertz CT molecular complexity index is 941. The second-order valence-electron chi connectivity index (χ2n) is 4.50. The van der Waals surface area contributed by atoms with Crippen LogP contribution in [0.2, 0.25) is 0 Å². The van der Waals surface area contributed by atoms with Gasteiger partial charge in [-0.1, -0.05) is 29.5 Å². The number of thiophene rings is 1. The van der Waals surface area contributed by atoms with Gasteiger partial charge >= 0.3 is 0 Å². The van der Waals surface area contributed by atoms with E-state index in [1.54, 1.807) is 11.3 Å². The molecule has 3 aromatic heterocycles. The minimum atomic E-state index is -0.300. The Kier molecular flexibility index (Phi) is 3.17. The summed E-state index contributed by atoms with van der Waals surface area (Å²) < 4.78 is 0. The second-order valence-corrected chi connectivity index (χ2v) is 6.25. The first-order valence-corrected chi connectivity index (χ1v) is 8.18. The molecule has 0 unspecified atom stereocenters. The lowest BCUT2D eigenvalue weighted by Gasteiger charge is -1.97. The molecule has 0 spiro atoms. The van der Waals surface area contributed by atoms with Crippen molar-refractivity contribution in [2.75, 3.05) is 5.32 Å². The Morgan fingerprint density at radius 2 is 2.09 bits per heavy atom. The fourth-order valence-electron chi connectivity index (χ4n) is 2.07. The van der Waals surface area contributed by atoms with Crippen LogP contribution >= 0.6 is 22.7 Å². The summed E-state index contributed by atoms with van der Waals surface area (Å²) in [6, 6.07) is 9.45. The molecule has 4 rings (SSSR count). The molecule has 0 fully saturated rings. The number of carbonyl (C=O) groups excluding carboxylic acids is 1. The van der Waals surface area contributed by atoms with Crippen molar-refractivity contribution in [3.05, 3.63) is 46.8 Å². The Labute approximate surface area is 132 Å². The molecular weight excluding hydrogens is 318 g/mol. The lowest BCUT2D eigenvalue weighted by atomic mass is 10.2. The molecule has 3 heterocycles. The van der Waals surface area contributed by atoms with Gasteiger partial charge in [-0.2, -0.15) is 16.4 Å². The van der Waals surface area contributed by atoms with Crippen molar-refractivity contribution in [2.24, 2.45) is 0 Å². The number of para-hydroxylation sites is 1. The summed E-state index contributed by atoms with van der Waals surface area (Å²) in [6.07, 6.45) is 0. The van der Waals surface area contributed by atoms with Gasteiger partial charge < -0.3 is 0 Å². The molecule has 6 nitrogen and oxygen atoms in total. The van der Waals surface area contributed by atoms with E-state index in [-0.39, 0.29) is 5.91 Å². The van der Waals surface area contributed by atoms with Gasteiger partial charge in [0.05, 0.1) is 5.52 Å². The third-order valence-electron chi connectivity index (χ3n) is 3.10. The van der Waals surface area contributed by atoms with Crippen molar-refractivity contribution in [1.82, 2.24) is 20.4 Å². The SMILES string of the molecule is O=C(Nc1nnc(-c2ccsc2)s1)c1n[nH]c2ccccc12. The minimum absolute atomic E-state index is 0.300.